The predicted octanol–water partition coefficient (Wildman–Crippen LogP) is 8.82. The van der Waals surface area contributed by atoms with Crippen molar-refractivity contribution in [2.75, 3.05) is 10.0 Å². The number of allylic oxidation sites excluding steroid dienone is 2. The Kier molecular flexibility index (Phi) is 12.4. The van der Waals surface area contributed by atoms with Crippen LogP contribution in [0.25, 0.3) is 0 Å². The van der Waals surface area contributed by atoms with Crippen LogP contribution in [0, 0.1) is 5.92 Å². The molecule has 3 atom stereocenters. The second-order valence-electron chi connectivity index (χ2n) is 8.67. The van der Waals surface area contributed by atoms with Gasteiger partial charge >= 0.3 is 0 Å². The van der Waals surface area contributed by atoms with E-state index in [-0.39, 0.29) is 0 Å². The van der Waals surface area contributed by atoms with Gasteiger partial charge in [0.15, 0.2) is 0 Å². The minimum absolute atomic E-state index is 0.532. The minimum Gasteiger partial charge on any atom is -0.379 e. The molecule has 2 N–H and O–H groups in total. The van der Waals surface area contributed by atoms with Crippen molar-refractivity contribution in [3.8, 4) is 0 Å². The molecule has 0 bridgehead atoms. The van der Waals surface area contributed by atoms with Crippen molar-refractivity contribution in [3.63, 3.8) is 0 Å². The summed E-state index contributed by atoms with van der Waals surface area (Å²) < 4.78 is 3.57. The van der Waals surface area contributed by atoms with Gasteiger partial charge < -0.3 is 10.0 Å². The maximum absolute atomic E-state index is 3.86. The zero-order chi connectivity index (χ0) is 20.7. The first kappa shape index (κ1) is 24.2. The average molecular weight is 417 g/mol. The summed E-state index contributed by atoms with van der Waals surface area (Å²) in [7, 11) is 0. The van der Waals surface area contributed by atoms with E-state index in [1.165, 1.54) is 88.4 Å². The molecule has 0 aromatic heterocycles. The third kappa shape index (κ3) is 9.07. The lowest BCUT2D eigenvalue weighted by Gasteiger charge is -2.30. The van der Waals surface area contributed by atoms with Crippen molar-refractivity contribution < 1.29 is 0 Å². The lowest BCUT2D eigenvalue weighted by Crippen LogP contribution is -2.36. The van der Waals surface area contributed by atoms with Crippen LogP contribution in [0.5, 0.6) is 0 Å². The largest absolute Gasteiger partial charge is 0.379 e. The van der Waals surface area contributed by atoms with Gasteiger partial charge in [0.05, 0.1) is 11.4 Å². The molecule has 1 aliphatic heterocycles. The monoisotopic (exact) mass is 416 g/mol. The maximum atomic E-state index is 3.86. The van der Waals surface area contributed by atoms with Gasteiger partial charge in [0.25, 0.3) is 0 Å². The molecule has 1 aliphatic rings. The van der Waals surface area contributed by atoms with Crippen molar-refractivity contribution in [2.45, 2.75) is 109 Å². The van der Waals surface area contributed by atoms with Crippen LogP contribution in [0.3, 0.4) is 0 Å². The molecule has 3 unspecified atom stereocenters. The van der Waals surface area contributed by atoms with Gasteiger partial charge in [0.1, 0.15) is 0 Å². The van der Waals surface area contributed by atoms with Crippen molar-refractivity contribution in [2.24, 2.45) is 5.92 Å². The van der Waals surface area contributed by atoms with Gasteiger partial charge in [-0.15, -0.1) is 0 Å². The topological polar surface area (TPSA) is 24.1 Å². The molecule has 2 nitrogen and oxygen atoms in total. The van der Waals surface area contributed by atoms with Crippen LogP contribution in [-0.2, 0) is 0 Å². The highest BCUT2D eigenvalue weighted by atomic mass is 32.2. The fourth-order valence-electron chi connectivity index (χ4n) is 4.22. The van der Waals surface area contributed by atoms with E-state index in [0.29, 0.717) is 17.2 Å². The zero-order valence-electron chi connectivity index (χ0n) is 19.1. The predicted molar refractivity (Wildman–Crippen MR) is 134 cm³/mol. The van der Waals surface area contributed by atoms with Crippen LogP contribution in [0.4, 0.5) is 11.4 Å². The quantitative estimate of drug-likeness (QED) is 0.180. The molecule has 29 heavy (non-hydrogen) atoms. The Morgan fingerprint density at radius 1 is 0.897 bits per heavy atom. The van der Waals surface area contributed by atoms with Gasteiger partial charge in [-0.25, -0.2) is 0 Å². The van der Waals surface area contributed by atoms with E-state index in [1.807, 2.05) is 11.9 Å². The van der Waals surface area contributed by atoms with Gasteiger partial charge in [-0.05, 0) is 68.5 Å². The first-order chi connectivity index (χ1) is 14.3. The van der Waals surface area contributed by atoms with Crippen molar-refractivity contribution in [1.82, 2.24) is 0 Å². The van der Waals surface area contributed by atoms with Gasteiger partial charge in [-0.2, -0.15) is 0 Å². The number of anilines is 2. The van der Waals surface area contributed by atoms with Crippen molar-refractivity contribution >= 4 is 23.3 Å². The molecule has 164 valence electrons. The second-order valence-corrected chi connectivity index (χ2v) is 9.72. The standard InChI is InChI=1S/C26H44N2S/c1-4-6-7-8-9-10-11-12-13-14-15-16-19-22(3)26-25(5-2)29-28-24-21-18-17-20-23(24)27-26/h12-13,17-18,20-22,25-28H,4-11,14-16,19H2,1-3H3/b13-12-. The summed E-state index contributed by atoms with van der Waals surface area (Å²) in [5.74, 6) is 0.688. The Balaban J connectivity index is 1.62. The van der Waals surface area contributed by atoms with Crippen LogP contribution in [0.15, 0.2) is 36.4 Å². The van der Waals surface area contributed by atoms with E-state index >= 15 is 0 Å². The highest BCUT2D eigenvalue weighted by Gasteiger charge is 2.29. The van der Waals surface area contributed by atoms with Crippen LogP contribution in [0.1, 0.15) is 97.8 Å². The van der Waals surface area contributed by atoms with E-state index in [4.69, 9.17) is 0 Å². The van der Waals surface area contributed by atoms with Crippen molar-refractivity contribution in [1.29, 1.82) is 0 Å². The van der Waals surface area contributed by atoms with E-state index < -0.39 is 0 Å². The molecule has 1 aromatic carbocycles. The summed E-state index contributed by atoms with van der Waals surface area (Å²) in [4.78, 5) is 0. The number of nitrogens with one attached hydrogen (secondary N) is 2. The van der Waals surface area contributed by atoms with E-state index in [9.17, 15) is 0 Å². The maximum Gasteiger partial charge on any atom is 0.0675 e. The summed E-state index contributed by atoms with van der Waals surface area (Å²) in [6.07, 6.45) is 20.9. The normalized spacial score (nSPS) is 20.0. The SMILES string of the molecule is CCCCCCCC/C=C\CCCCC(C)C1Nc2ccccc2NSC1CC. The molecule has 0 aliphatic carbocycles. The molecule has 0 radical (unpaired) electrons. The van der Waals surface area contributed by atoms with Crippen LogP contribution < -0.4 is 10.0 Å². The molecule has 2 rings (SSSR count). The summed E-state index contributed by atoms with van der Waals surface area (Å²) in [6.45, 7) is 7.03. The lowest BCUT2D eigenvalue weighted by molar-refractivity contribution is 0.418. The average Bonchev–Trinajstić information content (AvgIpc) is 2.93. The molecule has 0 saturated heterocycles. The Hall–Kier alpha value is -1.09. The Morgan fingerprint density at radius 3 is 2.28 bits per heavy atom. The van der Waals surface area contributed by atoms with Gasteiger partial charge in [-0.3, -0.25) is 0 Å². The molecule has 3 heteroatoms. The number of unbranched alkanes of at least 4 members (excludes halogenated alkanes) is 8. The number of rotatable bonds is 14. The highest BCUT2D eigenvalue weighted by molar-refractivity contribution is 8.01. The summed E-state index contributed by atoms with van der Waals surface area (Å²) in [5.41, 5.74) is 2.48. The van der Waals surface area contributed by atoms with Crippen LogP contribution in [0.2, 0.25) is 0 Å². The number of hydrogen-bond donors (Lipinski definition) is 2. The van der Waals surface area contributed by atoms with Gasteiger partial charge in [-0.1, -0.05) is 83.6 Å². The summed E-state index contributed by atoms with van der Waals surface area (Å²) in [5, 5.41) is 4.46. The lowest BCUT2D eigenvalue weighted by atomic mass is 9.91. The molecule has 0 fully saturated rings. The smallest absolute Gasteiger partial charge is 0.0675 e. The highest BCUT2D eigenvalue weighted by Crippen LogP contribution is 2.36. The number of fused-ring (bicyclic) bond motifs is 1. The molecule has 0 saturated carbocycles. The number of benzene rings is 1. The van der Waals surface area contributed by atoms with Gasteiger partial charge in [0, 0.05) is 11.3 Å². The molecule has 1 heterocycles. The third-order valence-electron chi connectivity index (χ3n) is 6.16. The Morgan fingerprint density at radius 2 is 1.55 bits per heavy atom. The number of para-hydroxylation sites is 2. The first-order valence-electron chi connectivity index (χ1n) is 12.2. The molecular weight excluding hydrogens is 372 g/mol. The van der Waals surface area contributed by atoms with Crippen LogP contribution >= 0.6 is 11.9 Å². The van der Waals surface area contributed by atoms with Crippen LogP contribution in [-0.4, -0.2) is 11.3 Å². The fourth-order valence-corrected chi connectivity index (χ4v) is 5.32. The van der Waals surface area contributed by atoms with Gasteiger partial charge in [0.2, 0.25) is 0 Å². The fraction of sp³-hybridized carbons (Fsp3) is 0.692. The Labute approximate surface area is 184 Å². The minimum atomic E-state index is 0.532. The third-order valence-corrected chi connectivity index (χ3v) is 7.42. The second kappa shape index (κ2) is 14.8. The molecular formula is C26H44N2S. The first-order valence-corrected chi connectivity index (χ1v) is 13.1. The van der Waals surface area contributed by atoms with E-state index in [1.54, 1.807) is 0 Å². The molecule has 0 spiro atoms. The zero-order valence-corrected chi connectivity index (χ0v) is 19.9. The Bertz CT molecular complexity index is 572. The summed E-state index contributed by atoms with van der Waals surface area (Å²) >= 11 is 1.90. The molecule has 0 amide bonds. The number of hydrogen-bond acceptors (Lipinski definition) is 3. The summed E-state index contributed by atoms with van der Waals surface area (Å²) in [6, 6.07) is 9.15. The van der Waals surface area contributed by atoms with E-state index in [0.717, 1.165) is 0 Å². The van der Waals surface area contributed by atoms with Crippen molar-refractivity contribution in [3.05, 3.63) is 36.4 Å². The molecule has 1 aromatic rings. The van der Waals surface area contributed by atoms with E-state index in [2.05, 4.69) is 67.2 Å².